The van der Waals surface area contributed by atoms with Gasteiger partial charge >= 0.3 is 5.97 Å². The van der Waals surface area contributed by atoms with Crippen LogP contribution in [0.2, 0.25) is 0 Å². The maximum absolute atomic E-state index is 11.5. The molecule has 0 aliphatic carbocycles. The fraction of sp³-hybridized carbons (Fsp3) is 0.636. The third-order valence-electron chi connectivity index (χ3n) is 3.69. The number of hydrogen-bond donors (Lipinski definition) is 1. The van der Waals surface area contributed by atoms with E-state index in [0.717, 1.165) is 17.8 Å². The van der Waals surface area contributed by atoms with Gasteiger partial charge in [0, 0.05) is 18.0 Å². The Labute approximate surface area is 97.3 Å². The SMILES string of the molecule is O=C(O)C1(Cc2nccs2)CC2CCC1O2. The lowest BCUT2D eigenvalue weighted by Crippen LogP contribution is -2.42. The number of carboxylic acid groups (broad SMARTS) is 1. The molecule has 2 aliphatic rings. The van der Waals surface area contributed by atoms with Gasteiger partial charge in [-0.1, -0.05) is 0 Å². The van der Waals surface area contributed by atoms with Crippen LogP contribution in [0.5, 0.6) is 0 Å². The molecule has 3 unspecified atom stereocenters. The Morgan fingerprint density at radius 2 is 2.56 bits per heavy atom. The van der Waals surface area contributed by atoms with Crippen molar-refractivity contribution in [2.75, 3.05) is 0 Å². The molecule has 2 fully saturated rings. The highest BCUT2D eigenvalue weighted by Gasteiger charge is 2.57. The molecule has 3 rings (SSSR count). The molecule has 1 aromatic heterocycles. The van der Waals surface area contributed by atoms with Gasteiger partial charge in [0.1, 0.15) is 5.41 Å². The summed E-state index contributed by atoms with van der Waals surface area (Å²) in [7, 11) is 0. The quantitative estimate of drug-likeness (QED) is 0.872. The Morgan fingerprint density at radius 1 is 1.69 bits per heavy atom. The molecule has 5 heteroatoms. The zero-order valence-corrected chi connectivity index (χ0v) is 9.57. The Bertz CT molecular complexity index is 405. The molecular weight excluding hydrogens is 226 g/mol. The molecule has 2 bridgehead atoms. The van der Waals surface area contributed by atoms with Gasteiger partial charge in [0.15, 0.2) is 0 Å². The number of fused-ring (bicyclic) bond motifs is 2. The first kappa shape index (κ1) is 10.2. The van der Waals surface area contributed by atoms with Crippen molar-refractivity contribution < 1.29 is 14.6 Å². The number of carboxylic acids is 1. The van der Waals surface area contributed by atoms with Gasteiger partial charge in [0.2, 0.25) is 0 Å². The van der Waals surface area contributed by atoms with E-state index in [1.54, 1.807) is 6.20 Å². The Balaban J connectivity index is 1.89. The molecule has 1 aromatic rings. The van der Waals surface area contributed by atoms with E-state index < -0.39 is 11.4 Å². The largest absolute Gasteiger partial charge is 0.481 e. The molecule has 0 radical (unpaired) electrons. The lowest BCUT2D eigenvalue weighted by molar-refractivity contribution is -0.152. The summed E-state index contributed by atoms with van der Waals surface area (Å²) in [5, 5.41) is 12.3. The summed E-state index contributed by atoms with van der Waals surface area (Å²) in [5.74, 6) is -0.727. The van der Waals surface area contributed by atoms with Crippen molar-refractivity contribution in [3.8, 4) is 0 Å². The summed E-state index contributed by atoms with van der Waals surface area (Å²) in [6, 6.07) is 0. The number of hydrogen-bond acceptors (Lipinski definition) is 4. The predicted octanol–water partition coefficient (Wildman–Crippen LogP) is 1.71. The molecule has 0 saturated carbocycles. The average Bonchev–Trinajstić information content (AvgIpc) is 2.92. The van der Waals surface area contributed by atoms with Gasteiger partial charge in [0.05, 0.1) is 17.2 Å². The van der Waals surface area contributed by atoms with Crippen LogP contribution in [-0.4, -0.2) is 28.3 Å². The fourth-order valence-corrected chi connectivity index (χ4v) is 3.64. The third kappa shape index (κ3) is 1.38. The normalized spacial score (nSPS) is 36.8. The number of nitrogens with zero attached hydrogens (tertiary/aromatic N) is 1. The van der Waals surface area contributed by atoms with Gasteiger partial charge in [-0.05, 0) is 19.3 Å². The van der Waals surface area contributed by atoms with E-state index in [0.29, 0.717) is 12.8 Å². The van der Waals surface area contributed by atoms with Crippen LogP contribution < -0.4 is 0 Å². The molecule has 2 aliphatic heterocycles. The van der Waals surface area contributed by atoms with Crippen molar-refractivity contribution >= 4 is 17.3 Å². The molecule has 2 saturated heterocycles. The summed E-state index contributed by atoms with van der Waals surface area (Å²) in [4.78, 5) is 15.7. The lowest BCUT2D eigenvalue weighted by atomic mass is 9.72. The van der Waals surface area contributed by atoms with E-state index in [4.69, 9.17) is 4.74 Å². The number of carbonyl (C=O) groups is 1. The summed E-state index contributed by atoms with van der Waals surface area (Å²) in [6.45, 7) is 0. The van der Waals surface area contributed by atoms with E-state index in [2.05, 4.69) is 4.98 Å². The highest BCUT2D eigenvalue weighted by Crippen LogP contribution is 2.49. The topological polar surface area (TPSA) is 59.4 Å². The minimum atomic E-state index is -0.727. The zero-order chi connectivity index (χ0) is 11.2. The first-order valence-electron chi connectivity index (χ1n) is 5.48. The second-order valence-electron chi connectivity index (χ2n) is 4.59. The van der Waals surface area contributed by atoms with Crippen LogP contribution in [0, 0.1) is 5.41 Å². The van der Waals surface area contributed by atoms with Gasteiger partial charge in [-0.2, -0.15) is 0 Å². The van der Waals surface area contributed by atoms with Crippen LogP contribution in [0.25, 0.3) is 0 Å². The van der Waals surface area contributed by atoms with E-state index in [1.165, 1.54) is 11.3 Å². The second-order valence-corrected chi connectivity index (χ2v) is 5.57. The van der Waals surface area contributed by atoms with E-state index in [9.17, 15) is 9.90 Å². The van der Waals surface area contributed by atoms with Gasteiger partial charge in [-0.25, -0.2) is 4.98 Å². The van der Waals surface area contributed by atoms with Crippen molar-refractivity contribution in [1.29, 1.82) is 0 Å². The zero-order valence-electron chi connectivity index (χ0n) is 8.76. The molecule has 0 amide bonds. The molecular formula is C11H13NO3S. The Hall–Kier alpha value is -0.940. The summed E-state index contributed by atoms with van der Waals surface area (Å²) in [5.41, 5.74) is -0.721. The highest BCUT2D eigenvalue weighted by atomic mass is 32.1. The third-order valence-corrected chi connectivity index (χ3v) is 4.47. The minimum Gasteiger partial charge on any atom is -0.481 e. The van der Waals surface area contributed by atoms with Gasteiger partial charge in [-0.15, -0.1) is 11.3 Å². The van der Waals surface area contributed by atoms with Crippen LogP contribution in [0.1, 0.15) is 24.3 Å². The van der Waals surface area contributed by atoms with Crippen LogP contribution >= 0.6 is 11.3 Å². The lowest BCUT2D eigenvalue weighted by Gasteiger charge is -2.29. The maximum Gasteiger partial charge on any atom is 0.312 e. The number of thiazole rings is 1. The molecule has 3 heterocycles. The first-order valence-corrected chi connectivity index (χ1v) is 6.36. The van der Waals surface area contributed by atoms with Gasteiger partial charge < -0.3 is 9.84 Å². The molecule has 0 spiro atoms. The van der Waals surface area contributed by atoms with E-state index in [1.807, 2.05) is 5.38 Å². The van der Waals surface area contributed by atoms with Crippen molar-refractivity contribution in [1.82, 2.24) is 4.98 Å². The smallest absolute Gasteiger partial charge is 0.312 e. The molecule has 86 valence electrons. The van der Waals surface area contributed by atoms with E-state index >= 15 is 0 Å². The summed E-state index contributed by atoms with van der Waals surface area (Å²) < 4.78 is 5.69. The standard InChI is InChI=1S/C11H13NO3S/c13-10(14)11(6-9-12-3-4-16-9)5-7-1-2-8(11)15-7/h3-4,7-8H,1-2,5-6H2,(H,13,14). The van der Waals surface area contributed by atoms with Crippen molar-refractivity contribution in [3.05, 3.63) is 16.6 Å². The van der Waals surface area contributed by atoms with E-state index in [-0.39, 0.29) is 12.2 Å². The first-order chi connectivity index (χ1) is 7.71. The van der Waals surface area contributed by atoms with Crippen molar-refractivity contribution in [2.45, 2.75) is 37.9 Å². The highest BCUT2D eigenvalue weighted by molar-refractivity contribution is 7.09. The summed E-state index contributed by atoms with van der Waals surface area (Å²) >= 11 is 1.52. The fourth-order valence-electron chi connectivity index (χ4n) is 2.90. The second kappa shape index (κ2) is 3.53. The number of ether oxygens (including phenoxy) is 1. The van der Waals surface area contributed by atoms with Gasteiger partial charge in [-0.3, -0.25) is 4.79 Å². The number of aliphatic carboxylic acids is 1. The molecule has 0 aromatic carbocycles. The minimum absolute atomic E-state index is 0.112. The maximum atomic E-state index is 11.5. The van der Waals surface area contributed by atoms with Crippen LogP contribution in [0.15, 0.2) is 11.6 Å². The van der Waals surface area contributed by atoms with Crippen LogP contribution in [0.3, 0.4) is 0 Å². The predicted molar refractivity (Wildman–Crippen MR) is 58.4 cm³/mol. The van der Waals surface area contributed by atoms with Crippen LogP contribution in [0.4, 0.5) is 0 Å². The Kier molecular flexibility index (Phi) is 2.26. The number of aromatic nitrogens is 1. The number of rotatable bonds is 3. The molecule has 3 atom stereocenters. The Morgan fingerprint density at radius 3 is 3.06 bits per heavy atom. The average molecular weight is 239 g/mol. The van der Waals surface area contributed by atoms with Gasteiger partial charge in [0.25, 0.3) is 0 Å². The molecule has 1 N–H and O–H groups in total. The molecule has 4 nitrogen and oxygen atoms in total. The summed E-state index contributed by atoms with van der Waals surface area (Å²) in [6.07, 6.45) is 4.82. The monoisotopic (exact) mass is 239 g/mol. The van der Waals surface area contributed by atoms with Crippen LogP contribution in [-0.2, 0) is 16.0 Å². The van der Waals surface area contributed by atoms with Crippen molar-refractivity contribution in [3.63, 3.8) is 0 Å². The molecule has 16 heavy (non-hydrogen) atoms. The van der Waals surface area contributed by atoms with Crippen molar-refractivity contribution in [2.24, 2.45) is 5.41 Å².